The molecule has 0 atom stereocenters. The van der Waals surface area contributed by atoms with Gasteiger partial charge in [0.05, 0.1) is 13.7 Å². The molecule has 1 N–H and O–H groups in total. The second-order valence-corrected chi connectivity index (χ2v) is 9.50. The molecule has 5 nitrogen and oxygen atoms in total. The van der Waals surface area contributed by atoms with Crippen molar-refractivity contribution < 1.29 is 14.3 Å². The van der Waals surface area contributed by atoms with Gasteiger partial charge in [-0.2, -0.15) is 5.26 Å². The molecule has 0 unspecified atom stereocenters. The van der Waals surface area contributed by atoms with Crippen LogP contribution >= 0.6 is 45.2 Å². The Hall–Kier alpha value is -2.58. The molecule has 168 valence electrons. The van der Waals surface area contributed by atoms with Crippen LogP contribution in [0, 0.1) is 25.4 Å². The minimum Gasteiger partial charge on any atom is -0.494 e. The van der Waals surface area contributed by atoms with E-state index in [-0.39, 0.29) is 5.57 Å². The number of hydrogen-bond donors (Lipinski definition) is 1. The number of anilines is 1. The van der Waals surface area contributed by atoms with Crippen molar-refractivity contribution in [3.63, 3.8) is 0 Å². The number of rotatable bonds is 8. The molecule has 0 aliphatic rings. The summed E-state index contributed by atoms with van der Waals surface area (Å²) in [6.45, 7) is 4.94. The van der Waals surface area contributed by atoms with E-state index >= 15 is 0 Å². The third-order valence-corrected chi connectivity index (χ3v) is 6.21. The van der Waals surface area contributed by atoms with E-state index in [9.17, 15) is 10.1 Å². The molecule has 0 saturated carbocycles. The second-order valence-electron chi connectivity index (χ2n) is 7.17. The van der Waals surface area contributed by atoms with Gasteiger partial charge in [0.1, 0.15) is 29.7 Å². The second kappa shape index (κ2) is 12.0. The van der Waals surface area contributed by atoms with E-state index in [1.165, 1.54) is 5.56 Å². The summed E-state index contributed by atoms with van der Waals surface area (Å²) in [5, 5.41) is 12.3. The van der Waals surface area contributed by atoms with Crippen molar-refractivity contribution in [1.82, 2.24) is 0 Å². The molecule has 0 saturated heterocycles. The molecule has 3 aromatic rings. The Labute approximate surface area is 221 Å². The van der Waals surface area contributed by atoms with Gasteiger partial charge in [0, 0.05) is 11.8 Å². The van der Waals surface area contributed by atoms with E-state index in [1.54, 1.807) is 24.3 Å². The summed E-state index contributed by atoms with van der Waals surface area (Å²) < 4.78 is 13.3. The van der Waals surface area contributed by atoms with Crippen LogP contribution in [0.3, 0.4) is 0 Å². The van der Waals surface area contributed by atoms with Crippen LogP contribution in [0.25, 0.3) is 6.08 Å². The average molecular weight is 664 g/mol. The zero-order chi connectivity index (χ0) is 23.8. The first-order valence-electron chi connectivity index (χ1n) is 10.2. The lowest BCUT2D eigenvalue weighted by Gasteiger charge is -2.12. The van der Waals surface area contributed by atoms with Gasteiger partial charge in [-0.05, 0) is 100 Å². The third kappa shape index (κ3) is 7.20. The Morgan fingerprint density at radius 2 is 1.76 bits per heavy atom. The van der Waals surface area contributed by atoms with E-state index in [0.717, 1.165) is 24.0 Å². The fraction of sp³-hybridized carbons (Fsp3) is 0.154. The van der Waals surface area contributed by atoms with Gasteiger partial charge in [0.2, 0.25) is 0 Å². The number of carbonyl (C=O) groups is 1. The van der Waals surface area contributed by atoms with Crippen molar-refractivity contribution in [3.05, 3.63) is 90.1 Å². The van der Waals surface area contributed by atoms with Crippen molar-refractivity contribution in [2.75, 3.05) is 11.9 Å². The smallest absolute Gasteiger partial charge is 0.266 e. The van der Waals surface area contributed by atoms with Gasteiger partial charge in [-0.3, -0.25) is 4.79 Å². The molecule has 0 radical (unpaired) electrons. The lowest BCUT2D eigenvalue weighted by atomic mass is 10.1. The van der Waals surface area contributed by atoms with Crippen LogP contribution in [-0.2, 0) is 11.4 Å². The minimum absolute atomic E-state index is 0.0109. The number of nitrogens with zero attached hydrogens (tertiary/aromatic N) is 1. The lowest BCUT2D eigenvalue weighted by molar-refractivity contribution is -0.112. The summed E-state index contributed by atoms with van der Waals surface area (Å²) in [4.78, 5) is 12.7. The van der Waals surface area contributed by atoms with Crippen LogP contribution < -0.4 is 14.8 Å². The Bertz CT molecular complexity index is 1190. The first-order chi connectivity index (χ1) is 15.9. The van der Waals surface area contributed by atoms with Crippen LogP contribution in [0.5, 0.6) is 11.5 Å². The van der Waals surface area contributed by atoms with Gasteiger partial charge in [0.15, 0.2) is 0 Å². The predicted octanol–water partition coefficient (Wildman–Crippen LogP) is 6.73. The maximum Gasteiger partial charge on any atom is 0.266 e. The third-order valence-electron chi connectivity index (χ3n) is 4.60. The molecule has 1 amide bonds. The molecule has 7 heteroatoms. The van der Waals surface area contributed by atoms with Crippen molar-refractivity contribution in [3.8, 4) is 17.6 Å². The predicted molar refractivity (Wildman–Crippen MR) is 147 cm³/mol. The number of amides is 1. The Morgan fingerprint density at radius 1 is 1.06 bits per heavy atom. The lowest BCUT2D eigenvalue weighted by Crippen LogP contribution is -2.13. The number of halogens is 2. The van der Waals surface area contributed by atoms with Gasteiger partial charge < -0.3 is 14.8 Å². The zero-order valence-corrected chi connectivity index (χ0v) is 22.5. The van der Waals surface area contributed by atoms with E-state index in [1.807, 2.05) is 43.3 Å². The molecule has 0 bridgehead atoms. The van der Waals surface area contributed by atoms with E-state index in [2.05, 4.69) is 69.6 Å². The fourth-order valence-electron chi connectivity index (χ4n) is 2.98. The average Bonchev–Trinajstić information content (AvgIpc) is 2.78. The van der Waals surface area contributed by atoms with Gasteiger partial charge in [-0.1, -0.05) is 35.9 Å². The molecule has 0 aliphatic carbocycles. The van der Waals surface area contributed by atoms with Crippen molar-refractivity contribution in [2.45, 2.75) is 20.5 Å². The highest BCUT2D eigenvalue weighted by molar-refractivity contribution is 14.1. The standard InChI is InChI=1S/C26H22I2N2O3/c1-3-32-22-6-4-5-21(14-22)30-26(31)20(15-29)11-19-12-23(27)25(24(28)13-19)33-16-18-9-7-17(2)8-10-18/h4-14H,3,16H2,1-2H3,(H,30,31)/b20-11-. The van der Waals surface area contributed by atoms with Gasteiger partial charge >= 0.3 is 0 Å². The normalized spacial score (nSPS) is 10.9. The summed E-state index contributed by atoms with van der Waals surface area (Å²) in [5.74, 6) is 0.962. The molecular weight excluding hydrogens is 642 g/mol. The van der Waals surface area contributed by atoms with E-state index < -0.39 is 5.91 Å². The molecule has 0 fully saturated rings. The van der Waals surface area contributed by atoms with Crippen LogP contribution in [0.4, 0.5) is 5.69 Å². The minimum atomic E-state index is -0.476. The summed E-state index contributed by atoms with van der Waals surface area (Å²) >= 11 is 4.42. The molecule has 0 spiro atoms. The Kier molecular flexibility index (Phi) is 9.14. The summed E-state index contributed by atoms with van der Waals surface area (Å²) in [6, 6.07) is 21.1. The quantitative estimate of drug-likeness (QED) is 0.165. The highest BCUT2D eigenvalue weighted by atomic mass is 127. The molecule has 0 aromatic heterocycles. The molecule has 3 rings (SSSR count). The first kappa shape index (κ1) is 25.1. The number of aryl methyl sites for hydroxylation is 1. The number of ether oxygens (including phenoxy) is 2. The Balaban J connectivity index is 1.75. The molecule has 3 aromatic carbocycles. The maximum absolute atomic E-state index is 12.7. The van der Waals surface area contributed by atoms with Crippen LogP contribution in [0.1, 0.15) is 23.6 Å². The first-order valence-corrected chi connectivity index (χ1v) is 12.4. The van der Waals surface area contributed by atoms with Crippen molar-refractivity contribution >= 4 is 62.9 Å². The highest BCUT2D eigenvalue weighted by Gasteiger charge is 2.13. The van der Waals surface area contributed by atoms with Crippen LogP contribution in [0.2, 0.25) is 0 Å². The van der Waals surface area contributed by atoms with E-state index in [0.29, 0.717) is 24.7 Å². The van der Waals surface area contributed by atoms with Crippen LogP contribution in [-0.4, -0.2) is 12.5 Å². The van der Waals surface area contributed by atoms with Gasteiger partial charge in [-0.15, -0.1) is 0 Å². The zero-order valence-electron chi connectivity index (χ0n) is 18.2. The molecule has 0 heterocycles. The highest BCUT2D eigenvalue weighted by Crippen LogP contribution is 2.30. The largest absolute Gasteiger partial charge is 0.494 e. The molecule has 33 heavy (non-hydrogen) atoms. The van der Waals surface area contributed by atoms with Gasteiger partial charge in [0.25, 0.3) is 5.91 Å². The topological polar surface area (TPSA) is 71.3 Å². The number of hydrogen-bond acceptors (Lipinski definition) is 4. The van der Waals surface area contributed by atoms with Gasteiger partial charge in [-0.25, -0.2) is 0 Å². The van der Waals surface area contributed by atoms with E-state index in [4.69, 9.17) is 9.47 Å². The van der Waals surface area contributed by atoms with Crippen molar-refractivity contribution in [2.24, 2.45) is 0 Å². The number of nitriles is 1. The number of carbonyl (C=O) groups excluding carboxylic acids is 1. The van der Waals surface area contributed by atoms with Crippen molar-refractivity contribution in [1.29, 1.82) is 5.26 Å². The SMILES string of the molecule is CCOc1cccc(NC(=O)/C(C#N)=C\c2cc(I)c(OCc3ccc(C)cc3)c(I)c2)c1. The maximum atomic E-state index is 12.7. The number of benzene rings is 3. The molecular formula is C26H22I2N2O3. The summed E-state index contributed by atoms with van der Waals surface area (Å²) in [7, 11) is 0. The van der Waals surface area contributed by atoms with Crippen LogP contribution in [0.15, 0.2) is 66.2 Å². The molecule has 0 aliphatic heterocycles. The fourth-order valence-corrected chi connectivity index (χ4v) is 5.11. The summed E-state index contributed by atoms with van der Waals surface area (Å²) in [5.41, 5.74) is 3.63. The number of nitrogens with one attached hydrogen (secondary N) is 1. The monoisotopic (exact) mass is 664 g/mol. The Morgan fingerprint density at radius 3 is 2.39 bits per heavy atom. The summed E-state index contributed by atoms with van der Waals surface area (Å²) in [6.07, 6.45) is 1.58.